The lowest BCUT2D eigenvalue weighted by Gasteiger charge is -2.60. The first kappa shape index (κ1) is 24.6. The zero-order valence-corrected chi connectivity index (χ0v) is 21.3. The minimum atomic E-state index is -3.71. The minimum absolute atomic E-state index is 0.219. The molecule has 0 aromatic heterocycles. The summed E-state index contributed by atoms with van der Waals surface area (Å²) in [7, 11) is -2.21. The number of amides is 1. The van der Waals surface area contributed by atoms with Gasteiger partial charge in [-0.3, -0.25) is 4.79 Å². The van der Waals surface area contributed by atoms with Crippen molar-refractivity contribution in [2.45, 2.75) is 61.0 Å². The molecule has 35 heavy (non-hydrogen) atoms. The molecule has 4 aliphatic carbocycles. The van der Waals surface area contributed by atoms with E-state index in [1.165, 1.54) is 7.11 Å². The van der Waals surface area contributed by atoms with E-state index in [-0.39, 0.29) is 10.8 Å². The van der Waals surface area contributed by atoms with Gasteiger partial charge in [-0.15, -0.1) is 0 Å². The number of halogens is 1. The van der Waals surface area contributed by atoms with Crippen molar-refractivity contribution in [1.82, 2.24) is 10.0 Å². The van der Waals surface area contributed by atoms with Crippen LogP contribution in [0.4, 0.5) is 0 Å². The SMILES string of the molecule is COc1ccc(Cl)cc1C(=O)NCCc1ccc(S(=O)(=O)NC23CC4C[C@H](CC(O)(C4)C2)C3)cc1. The minimum Gasteiger partial charge on any atom is -0.496 e. The van der Waals surface area contributed by atoms with Gasteiger partial charge in [-0.1, -0.05) is 23.7 Å². The fraction of sp³-hybridized carbons (Fsp3) is 0.500. The molecule has 2 aromatic carbocycles. The molecule has 2 aromatic rings. The summed E-state index contributed by atoms with van der Waals surface area (Å²) < 4.78 is 34.6. The molecule has 4 bridgehead atoms. The number of ether oxygens (including phenoxy) is 1. The standard InChI is InChI=1S/C26H31ClN2O5S/c1-34-23-7-4-20(27)11-22(23)24(30)28-9-8-17-2-5-21(6-3-17)35(32,33)29-25-12-18-10-19(13-25)15-26(31,14-18)16-25/h2-7,11,18-19,29,31H,8-10,12-16H2,1H3,(H,28,30)/t18-,19?,25?,26?/m0/s1. The van der Waals surface area contributed by atoms with Crippen molar-refractivity contribution in [1.29, 1.82) is 0 Å². The molecule has 4 atom stereocenters. The Morgan fingerprint density at radius 2 is 1.80 bits per heavy atom. The Labute approximate surface area is 211 Å². The van der Waals surface area contributed by atoms with E-state index in [0.29, 0.717) is 47.6 Å². The Kier molecular flexibility index (Phi) is 6.36. The van der Waals surface area contributed by atoms with Gasteiger partial charge in [-0.2, -0.15) is 0 Å². The number of sulfonamides is 1. The van der Waals surface area contributed by atoms with Crippen LogP contribution in [-0.2, 0) is 16.4 Å². The normalized spacial score (nSPS) is 29.2. The van der Waals surface area contributed by atoms with Crippen LogP contribution in [0.5, 0.6) is 5.75 Å². The monoisotopic (exact) mass is 518 g/mol. The van der Waals surface area contributed by atoms with E-state index < -0.39 is 21.2 Å². The van der Waals surface area contributed by atoms with Crippen molar-refractivity contribution in [3.05, 3.63) is 58.6 Å². The van der Waals surface area contributed by atoms with Crippen molar-refractivity contribution < 1.29 is 23.1 Å². The topological polar surface area (TPSA) is 105 Å². The fourth-order valence-corrected chi connectivity index (χ4v) is 8.38. The van der Waals surface area contributed by atoms with Crippen LogP contribution in [0.15, 0.2) is 47.4 Å². The van der Waals surface area contributed by atoms with Gasteiger partial charge in [-0.25, -0.2) is 13.1 Å². The molecule has 188 valence electrons. The van der Waals surface area contributed by atoms with Crippen LogP contribution in [0, 0.1) is 11.8 Å². The van der Waals surface area contributed by atoms with Crippen molar-refractivity contribution in [3.63, 3.8) is 0 Å². The Morgan fingerprint density at radius 3 is 2.43 bits per heavy atom. The summed E-state index contributed by atoms with van der Waals surface area (Å²) in [6, 6.07) is 11.6. The van der Waals surface area contributed by atoms with Crippen LogP contribution >= 0.6 is 11.6 Å². The Balaban J connectivity index is 1.20. The lowest BCUT2D eigenvalue weighted by Crippen LogP contribution is -2.65. The molecule has 4 fully saturated rings. The lowest BCUT2D eigenvalue weighted by molar-refractivity contribution is -0.137. The molecule has 7 nitrogen and oxygen atoms in total. The first-order valence-electron chi connectivity index (χ1n) is 12.1. The summed E-state index contributed by atoms with van der Waals surface area (Å²) >= 11 is 6.00. The van der Waals surface area contributed by atoms with Crippen LogP contribution in [0.2, 0.25) is 5.02 Å². The number of aliphatic hydroxyl groups is 1. The lowest BCUT2D eigenvalue weighted by atomic mass is 9.51. The smallest absolute Gasteiger partial charge is 0.255 e. The summed E-state index contributed by atoms with van der Waals surface area (Å²) in [5.41, 5.74) is 0.00569. The van der Waals surface area contributed by atoms with E-state index in [1.54, 1.807) is 42.5 Å². The van der Waals surface area contributed by atoms with Gasteiger partial charge in [0.1, 0.15) is 5.75 Å². The van der Waals surface area contributed by atoms with Crippen molar-refractivity contribution in [2.75, 3.05) is 13.7 Å². The molecule has 0 saturated heterocycles. The van der Waals surface area contributed by atoms with E-state index in [4.69, 9.17) is 16.3 Å². The quantitative estimate of drug-likeness (QED) is 0.494. The van der Waals surface area contributed by atoms with E-state index in [2.05, 4.69) is 10.0 Å². The molecule has 0 spiro atoms. The van der Waals surface area contributed by atoms with Crippen molar-refractivity contribution in [3.8, 4) is 5.75 Å². The van der Waals surface area contributed by atoms with E-state index in [9.17, 15) is 18.3 Å². The molecule has 0 aliphatic heterocycles. The largest absolute Gasteiger partial charge is 0.496 e. The summed E-state index contributed by atoms with van der Waals surface area (Å²) in [4.78, 5) is 12.7. The number of benzene rings is 2. The molecule has 6 rings (SSSR count). The van der Waals surface area contributed by atoms with Gasteiger partial charge in [0.05, 0.1) is 23.2 Å². The summed E-state index contributed by atoms with van der Waals surface area (Å²) in [6.45, 7) is 0.378. The van der Waals surface area contributed by atoms with Gasteiger partial charge in [0.2, 0.25) is 10.0 Å². The van der Waals surface area contributed by atoms with Gasteiger partial charge in [0.15, 0.2) is 0 Å². The van der Waals surface area contributed by atoms with Crippen LogP contribution in [-0.4, -0.2) is 44.2 Å². The summed E-state index contributed by atoms with van der Waals surface area (Å²) in [6.07, 6.45) is 5.34. The van der Waals surface area contributed by atoms with Crippen molar-refractivity contribution >= 4 is 27.5 Å². The third-order valence-corrected chi connectivity index (χ3v) is 9.55. The maximum absolute atomic E-state index is 13.2. The van der Waals surface area contributed by atoms with Crippen molar-refractivity contribution in [2.24, 2.45) is 11.8 Å². The zero-order valence-electron chi connectivity index (χ0n) is 19.7. The predicted molar refractivity (Wildman–Crippen MR) is 133 cm³/mol. The maximum atomic E-state index is 13.2. The van der Waals surface area contributed by atoms with Crippen LogP contribution in [0.3, 0.4) is 0 Å². The highest BCUT2D eigenvalue weighted by atomic mass is 35.5. The number of nitrogens with one attached hydrogen (secondary N) is 2. The summed E-state index contributed by atoms with van der Waals surface area (Å²) in [5, 5.41) is 14.2. The molecule has 4 saturated carbocycles. The second kappa shape index (κ2) is 9.07. The fourth-order valence-electron chi connectivity index (χ4n) is 6.79. The van der Waals surface area contributed by atoms with Gasteiger partial charge in [-0.05, 0) is 92.7 Å². The number of rotatable bonds is 8. The molecule has 1 amide bonds. The zero-order chi connectivity index (χ0) is 24.8. The van der Waals surface area contributed by atoms with E-state index >= 15 is 0 Å². The first-order chi connectivity index (χ1) is 16.6. The number of methoxy groups -OCH3 is 1. The molecule has 9 heteroatoms. The highest BCUT2D eigenvalue weighted by molar-refractivity contribution is 7.89. The Hall–Kier alpha value is -2.13. The third kappa shape index (κ3) is 5.07. The molecule has 0 radical (unpaired) electrons. The van der Waals surface area contributed by atoms with Crippen LogP contribution < -0.4 is 14.8 Å². The first-order valence-corrected chi connectivity index (χ1v) is 13.9. The Morgan fingerprint density at radius 1 is 1.11 bits per heavy atom. The predicted octanol–water partition coefficient (Wildman–Crippen LogP) is 3.68. The van der Waals surface area contributed by atoms with E-state index in [1.807, 2.05) is 0 Å². The second-order valence-corrected chi connectivity index (χ2v) is 12.7. The average Bonchev–Trinajstić information content (AvgIpc) is 2.77. The van der Waals surface area contributed by atoms with Gasteiger partial charge in [0, 0.05) is 17.1 Å². The Bertz CT molecular complexity index is 1220. The number of hydrogen-bond acceptors (Lipinski definition) is 5. The highest BCUT2D eigenvalue weighted by Gasteiger charge is 2.58. The highest BCUT2D eigenvalue weighted by Crippen LogP contribution is 2.57. The van der Waals surface area contributed by atoms with E-state index in [0.717, 1.165) is 37.7 Å². The van der Waals surface area contributed by atoms with Gasteiger partial charge < -0.3 is 15.2 Å². The molecule has 3 unspecified atom stereocenters. The molecular formula is C26H31ClN2O5S. The van der Waals surface area contributed by atoms with Gasteiger partial charge in [0.25, 0.3) is 5.91 Å². The summed E-state index contributed by atoms with van der Waals surface area (Å²) in [5.74, 6) is 0.951. The molecule has 3 N–H and O–H groups in total. The molecular weight excluding hydrogens is 488 g/mol. The second-order valence-electron chi connectivity index (χ2n) is 10.6. The molecule has 0 heterocycles. The number of carbonyl (C=O) groups is 1. The molecule has 4 aliphatic rings. The van der Waals surface area contributed by atoms with Crippen LogP contribution in [0.25, 0.3) is 0 Å². The van der Waals surface area contributed by atoms with Gasteiger partial charge >= 0.3 is 0 Å². The third-order valence-electron chi connectivity index (χ3n) is 7.72. The maximum Gasteiger partial charge on any atom is 0.255 e. The number of carbonyl (C=O) groups excluding carboxylic acids is 1. The van der Waals surface area contributed by atoms with Crippen LogP contribution in [0.1, 0.15) is 54.4 Å². The number of hydrogen-bond donors (Lipinski definition) is 3. The average molecular weight is 519 g/mol.